The van der Waals surface area contributed by atoms with Crippen molar-refractivity contribution in [3.8, 4) is 11.5 Å². The van der Waals surface area contributed by atoms with Gasteiger partial charge in [-0.05, 0) is 18.2 Å². The van der Waals surface area contributed by atoms with Gasteiger partial charge in [0.15, 0.2) is 11.5 Å². The van der Waals surface area contributed by atoms with Crippen LogP contribution in [0.5, 0.6) is 11.5 Å². The van der Waals surface area contributed by atoms with Gasteiger partial charge in [0.1, 0.15) is 6.61 Å². The molecule has 6 nitrogen and oxygen atoms in total. The van der Waals surface area contributed by atoms with E-state index in [0.29, 0.717) is 17.9 Å². The van der Waals surface area contributed by atoms with Crippen LogP contribution in [0.3, 0.4) is 0 Å². The van der Waals surface area contributed by atoms with E-state index in [2.05, 4.69) is 9.88 Å². The highest BCUT2D eigenvalue weighted by molar-refractivity contribution is 5.86. The molecular formula is C15H18N2O4. The second-order valence-electron chi connectivity index (χ2n) is 5.00. The molecule has 21 heavy (non-hydrogen) atoms. The molecule has 2 aromatic rings. The monoisotopic (exact) mass is 290 g/mol. The zero-order valence-corrected chi connectivity index (χ0v) is 11.7. The number of hydrogen-bond donors (Lipinski definition) is 2. The Labute approximate surface area is 121 Å². The molecule has 1 aliphatic heterocycles. The Kier molecular flexibility index (Phi) is 4.08. The number of rotatable bonds is 4. The minimum Gasteiger partial charge on any atom is -0.503 e. The van der Waals surface area contributed by atoms with Crippen LogP contribution in [0, 0.1) is 0 Å². The number of phenolic OH excluding ortho intramolecular Hbond substituents is 1. The fourth-order valence-electron chi connectivity index (χ4n) is 2.41. The lowest BCUT2D eigenvalue weighted by molar-refractivity contribution is 0.0321. The molecule has 3 rings (SSSR count). The normalized spacial score (nSPS) is 16.2. The maximum Gasteiger partial charge on any atom is 0.248 e. The molecule has 0 radical (unpaired) electrons. The first kappa shape index (κ1) is 13.9. The number of hydrogen-bond acceptors (Lipinski definition) is 5. The number of benzene rings is 1. The Morgan fingerprint density at radius 3 is 2.81 bits per heavy atom. The molecule has 0 unspecified atom stereocenters. The van der Waals surface area contributed by atoms with Gasteiger partial charge in [0.05, 0.1) is 18.7 Å². The summed E-state index contributed by atoms with van der Waals surface area (Å²) >= 11 is 0. The largest absolute Gasteiger partial charge is 0.503 e. The fraction of sp³-hybridized carbons (Fsp3) is 0.400. The predicted octanol–water partition coefficient (Wildman–Crippen LogP) is 0.945. The van der Waals surface area contributed by atoms with Crippen LogP contribution < -0.4 is 10.3 Å². The van der Waals surface area contributed by atoms with Crippen molar-refractivity contribution < 1.29 is 14.6 Å². The van der Waals surface area contributed by atoms with Gasteiger partial charge in [-0.1, -0.05) is 0 Å². The molecule has 0 amide bonds. The van der Waals surface area contributed by atoms with E-state index in [9.17, 15) is 9.90 Å². The molecule has 1 aliphatic rings. The quantitative estimate of drug-likeness (QED) is 0.876. The molecule has 0 saturated carbocycles. The van der Waals surface area contributed by atoms with Gasteiger partial charge in [0.2, 0.25) is 5.56 Å². The van der Waals surface area contributed by atoms with Crippen molar-refractivity contribution >= 4 is 10.9 Å². The van der Waals surface area contributed by atoms with Crippen LogP contribution in [0.4, 0.5) is 0 Å². The third-order valence-electron chi connectivity index (χ3n) is 3.60. The minimum atomic E-state index is -0.247. The van der Waals surface area contributed by atoms with Crippen LogP contribution in [0.1, 0.15) is 0 Å². The molecule has 112 valence electrons. The number of aromatic hydroxyl groups is 1. The van der Waals surface area contributed by atoms with E-state index in [-0.39, 0.29) is 11.3 Å². The molecule has 0 bridgehead atoms. The molecule has 6 heteroatoms. The number of phenols is 1. The number of nitrogens with zero attached hydrogens (tertiary/aromatic N) is 1. The van der Waals surface area contributed by atoms with Gasteiger partial charge in [0, 0.05) is 31.1 Å². The summed E-state index contributed by atoms with van der Waals surface area (Å²) in [5.74, 6) is 0.366. The lowest BCUT2D eigenvalue weighted by Crippen LogP contribution is -2.38. The third kappa shape index (κ3) is 3.17. The molecule has 0 atom stereocenters. The smallest absolute Gasteiger partial charge is 0.248 e. The maximum absolute atomic E-state index is 11.3. The summed E-state index contributed by atoms with van der Waals surface area (Å²) in [5, 5.41) is 11.0. The summed E-state index contributed by atoms with van der Waals surface area (Å²) in [5.41, 5.74) is 0.162. The van der Waals surface area contributed by atoms with Crippen LogP contribution in [0.2, 0.25) is 0 Å². The van der Waals surface area contributed by atoms with E-state index in [1.165, 1.54) is 6.07 Å². The minimum absolute atomic E-state index is 0.0211. The predicted molar refractivity (Wildman–Crippen MR) is 79.0 cm³/mol. The second kappa shape index (κ2) is 6.15. The van der Waals surface area contributed by atoms with E-state index in [1.54, 1.807) is 12.1 Å². The zero-order chi connectivity index (χ0) is 14.7. The maximum atomic E-state index is 11.3. The van der Waals surface area contributed by atoms with Crippen LogP contribution in [0.15, 0.2) is 29.1 Å². The lowest BCUT2D eigenvalue weighted by atomic mass is 10.2. The summed E-state index contributed by atoms with van der Waals surface area (Å²) in [6, 6.07) is 6.64. The van der Waals surface area contributed by atoms with Crippen LogP contribution in [-0.2, 0) is 4.74 Å². The number of H-pyrrole nitrogens is 1. The van der Waals surface area contributed by atoms with E-state index < -0.39 is 0 Å². The standard InChI is InChI=1S/C15H18N2O4/c18-13-4-2-11-1-3-12(15(19)14(11)16-13)21-10-7-17-5-8-20-9-6-17/h1-4,19H,5-10H2,(H,16,18). The van der Waals surface area contributed by atoms with Gasteiger partial charge in [0.25, 0.3) is 0 Å². The lowest BCUT2D eigenvalue weighted by Gasteiger charge is -2.26. The number of aromatic nitrogens is 1. The third-order valence-corrected chi connectivity index (χ3v) is 3.60. The van der Waals surface area contributed by atoms with Gasteiger partial charge >= 0.3 is 0 Å². The molecule has 2 N–H and O–H groups in total. The fourth-order valence-corrected chi connectivity index (χ4v) is 2.41. The molecule has 1 aromatic heterocycles. The topological polar surface area (TPSA) is 74.8 Å². The average Bonchev–Trinajstić information content (AvgIpc) is 2.51. The molecular weight excluding hydrogens is 272 g/mol. The molecule has 1 aromatic carbocycles. The first-order valence-corrected chi connectivity index (χ1v) is 7.02. The molecule has 1 fully saturated rings. The first-order valence-electron chi connectivity index (χ1n) is 7.02. The van der Waals surface area contributed by atoms with Crippen molar-refractivity contribution in [1.29, 1.82) is 0 Å². The Morgan fingerprint density at radius 2 is 2.00 bits per heavy atom. The summed E-state index contributed by atoms with van der Waals surface area (Å²) < 4.78 is 10.9. The van der Waals surface area contributed by atoms with Crippen LogP contribution in [0.25, 0.3) is 10.9 Å². The number of pyridine rings is 1. The first-order chi connectivity index (χ1) is 10.2. The second-order valence-corrected chi connectivity index (χ2v) is 5.00. The van der Waals surface area contributed by atoms with E-state index in [0.717, 1.165) is 38.2 Å². The number of nitrogens with one attached hydrogen (secondary N) is 1. The highest BCUT2D eigenvalue weighted by Crippen LogP contribution is 2.32. The summed E-state index contributed by atoms with van der Waals surface area (Å²) in [7, 11) is 0. The van der Waals surface area contributed by atoms with E-state index in [4.69, 9.17) is 9.47 Å². The Hall–Kier alpha value is -2.05. The Bertz CT molecular complexity index is 677. The van der Waals surface area contributed by atoms with Crippen LogP contribution in [-0.4, -0.2) is 54.4 Å². The Balaban J connectivity index is 1.69. The number of ether oxygens (including phenoxy) is 2. The Morgan fingerprint density at radius 1 is 1.24 bits per heavy atom. The molecule has 1 saturated heterocycles. The molecule has 0 spiro atoms. The van der Waals surface area contributed by atoms with E-state index >= 15 is 0 Å². The summed E-state index contributed by atoms with van der Waals surface area (Å²) in [6.07, 6.45) is 0. The molecule has 0 aliphatic carbocycles. The van der Waals surface area contributed by atoms with Gasteiger partial charge in [-0.25, -0.2) is 0 Å². The van der Waals surface area contributed by atoms with Crippen LogP contribution >= 0.6 is 0 Å². The van der Waals surface area contributed by atoms with Crippen molar-refractivity contribution in [1.82, 2.24) is 9.88 Å². The highest BCUT2D eigenvalue weighted by Gasteiger charge is 2.12. The van der Waals surface area contributed by atoms with Crippen molar-refractivity contribution in [3.05, 3.63) is 34.6 Å². The summed E-state index contributed by atoms with van der Waals surface area (Å²) in [6.45, 7) is 4.58. The van der Waals surface area contributed by atoms with Gasteiger partial charge in [-0.3, -0.25) is 9.69 Å². The number of fused-ring (bicyclic) bond motifs is 1. The van der Waals surface area contributed by atoms with E-state index in [1.807, 2.05) is 6.07 Å². The van der Waals surface area contributed by atoms with Crippen molar-refractivity contribution in [2.24, 2.45) is 0 Å². The number of aromatic amines is 1. The van der Waals surface area contributed by atoms with Crippen molar-refractivity contribution in [2.45, 2.75) is 0 Å². The molecule has 2 heterocycles. The van der Waals surface area contributed by atoms with Crippen molar-refractivity contribution in [2.75, 3.05) is 39.5 Å². The van der Waals surface area contributed by atoms with Gasteiger partial charge < -0.3 is 19.6 Å². The zero-order valence-electron chi connectivity index (χ0n) is 11.7. The highest BCUT2D eigenvalue weighted by atomic mass is 16.5. The average molecular weight is 290 g/mol. The van der Waals surface area contributed by atoms with Gasteiger partial charge in [-0.15, -0.1) is 0 Å². The number of morpholine rings is 1. The van der Waals surface area contributed by atoms with Crippen molar-refractivity contribution in [3.63, 3.8) is 0 Å². The summed E-state index contributed by atoms with van der Waals surface area (Å²) in [4.78, 5) is 16.2. The van der Waals surface area contributed by atoms with Gasteiger partial charge in [-0.2, -0.15) is 0 Å². The SMILES string of the molecule is O=c1ccc2ccc(OCCN3CCOCC3)c(O)c2[nH]1.